The Morgan fingerprint density at radius 3 is 2.79 bits per heavy atom. The highest BCUT2D eigenvalue weighted by molar-refractivity contribution is 5.35. The predicted molar refractivity (Wildman–Crippen MR) is 72.3 cm³/mol. The molecule has 100 valence electrons. The number of benzene rings is 1. The van der Waals surface area contributed by atoms with E-state index in [1.807, 2.05) is 31.2 Å². The van der Waals surface area contributed by atoms with Crippen molar-refractivity contribution in [3.8, 4) is 5.75 Å². The molecule has 2 aromatic rings. The number of aromatic nitrogens is 1. The van der Waals surface area contributed by atoms with Crippen LogP contribution in [0.3, 0.4) is 0 Å². The molecule has 3 nitrogen and oxygen atoms in total. The lowest BCUT2D eigenvalue weighted by Gasteiger charge is -2.13. The molecule has 1 aromatic heterocycles. The van der Waals surface area contributed by atoms with E-state index in [0.717, 1.165) is 11.3 Å². The topological polar surface area (TPSA) is 48.1 Å². The van der Waals surface area contributed by atoms with Crippen LogP contribution in [0.4, 0.5) is 4.39 Å². The fourth-order valence-electron chi connectivity index (χ4n) is 1.85. The Morgan fingerprint density at radius 1 is 1.26 bits per heavy atom. The van der Waals surface area contributed by atoms with Gasteiger partial charge in [0.1, 0.15) is 6.61 Å². The van der Waals surface area contributed by atoms with Gasteiger partial charge in [0, 0.05) is 12.2 Å². The van der Waals surface area contributed by atoms with E-state index in [4.69, 9.17) is 10.5 Å². The largest absolute Gasteiger partial charge is 0.484 e. The number of nitrogens with zero attached hydrogens (tertiary/aromatic N) is 1. The van der Waals surface area contributed by atoms with Gasteiger partial charge in [-0.25, -0.2) is 4.39 Å². The Morgan fingerprint density at radius 2 is 2.11 bits per heavy atom. The first kappa shape index (κ1) is 13.5. The molecule has 0 radical (unpaired) electrons. The number of hydrogen-bond acceptors (Lipinski definition) is 3. The zero-order valence-corrected chi connectivity index (χ0v) is 10.8. The maximum atomic E-state index is 13.8. The van der Waals surface area contributed by atoms with Crippen LogP contribution in [0.15, 0.2) is 42.6 Å². The summed E-state index contributed by atoms with van der Waals surface area (Å²) in [5.41, 5.74) is 7.31. The number of hydrogen-bond donors (Lipinski definition) is 1. The minimum atomic E-state index is -0.367. The minimum absolute atomic E-state index is 0.0426. The Hall–Kier alpha value is -1.94. The van der Waals surface area contributed by atoms with Crippen LogP contribution in [-0.2, 0) is 13.0 Å². The summed E-state index contributed by atoms with van der Waals surface area (Å²) in [7, 11) is 0. The number of para-hydroxylation sites is 1. The van der Waals surface area contributed by atoms with Gasteiger partial charge in [0.2, 0.25) is 0 Å². The van der Waals surface area contributed by atoms with Crippen molar-refractivity contribution >= 4 is 0 Å². The van der Waals surface area contributed by atoms with E-state index < -0.39 is 0 Å². The fraction of sp³-hybridized carbons (Fsp3) is 0.267. The van der Waals surface area contributed by atoms with Crippen LogP contribution in [0, 0.1) is 5.82 Å². The first-order valence-electron chi connectivity index (χ1n) is 6.22. The highest BCUT2D eigenvalue weighted by Gasteiger charge is 2.11. The van der Waals surface area contributed by atoms with Gasteiger partial charge in [0.15, 0.2) is 11.6 Å². The summed E-state index contributed by atoms with van der Waals surface area (Å²) in [5.74, 6) is -0.0977. The molecular weight excluding hydrogens is 243 g/mol. The first-order chi connectivity index (χ1) is 9.16. The van der Waals surface area contributed by atoms with Crippen molar-refractivity contribution in [2.45, 2.75) is 26.0 Å². The monoisotopic (exact) mass is 260 g/mol. The van der Waals surface area contributed by atoms with Gasteiger partial charge in [0.05, 0.1) is 5.69 Å². The number of halogens is 1. The van der Waals surface area contributed by atoms with Crippen LogP contribution < -0.4 is 10.5 Å². The predicted octanol–water partition coefficient (Wildman–Crippen LogP) is 2.69. The molecule has 0 spiro atoms. The Kier molecular flexibility index (Phi) is 4.47. The van der Waals surface area contributed by atoms with Crippen molar-refractivity contribution in [2.75, 3.05) is 0 Å². The summed E-state index contributed by atoms with van der Waals surface area (Å²) >= 11 is 0. The summed E-state index contributed by atoms with van der Waals surface area (Å²) in [4.78, 5) is 4.14. The van der Waals surface area contributed by atoms with E-state index in [1.54, 1.807) is 12.3 Å². The maximum Gasteiger partial charge on any atom is 0.165 e. The van der Waals surface area contributed by atoms with Crippen LogP contribution in [0.1, 0.15) is 18.2 Å². The number of nitrogens with two attached hydrogens (primary N) is 1. The highest BCUT2D eigenvalue weighted by Crippen LogP contribution is 2.24. The molecule has 0 aliphatic rings. The Bertz CT molecular complexity index is 529. The summed E-state index contributed by atoms with van der Waals surface area (Å²) in [6.45, 7) is 2.13. The maximum absolute atomic E-state index is 13.8. The molecule has 4 heteroatoms. The average molecular weight is 260 g/mol. The van der Waals surface area contributed by atoms with Gasteiger partial charge in [-0.05, 0) is 37.1 Å². The van der Waals surface area contributed by atoms with Crippen LogP contribution in [0.5, 0.6) is 5.75 Å². The average Bonchev–Trinajstić information content (AvgIpc) is 2.38. The van der Waals surface area contributed by atoms with E-state index in [0.29, 0.717) is 6.42 Å². The van der Waals surface area contributed by atoms with Gasteiger partial charge < -0.3 is 10.5 Å². The van der Waals surface area contributed by atoms with Crippen molar-refractivity contribution in [3.63, 3.8) is 0 Å². The fourth-order valence-corrected chi connectivity index (χ4v) is 1.85. The Labute approximate surface area is 112 Å². The zero-order chi connectivity index (χ0) is 13.7. The van der Waals surface area contributed by atoms with Crippen molar-refractivity contribution in [3.05, 3.63) is 59.7 Å². The number of rotatable bonds is 5. The molecule has 1 heterocycles. The van der Waals surface area contributed by atoms with Crippen molar-refractivity contribution < 1.29 is 9.13 Å². The molecule has 0 aliphatic heterocycles. The third-order valence-electron chi connectivity index (χ3n) is 2.68. The molecule has 0 bridgehead atoms. The van der Waals surface area contributed by atoms with E-state index >= 15 is 0 Å². The van der Waals surface area contributed by atoms with Gasteiger partial charge in [0.25, 0.3) is 0 Å². The second-order valence-electron chi connectivity index (χ2n) is 4.52. The normalized spacial score (nSPS) is 12.2. The third kappa shape index (κ3) is 3.76. The van der Waals surface area contributed by atoms with Crippen LogP contribution in [0.25, 0.3) is 0 Å². The molecule has 1 atom stereocenters. The van der Waals surface area contributed by atoms with Crippen LogP contribution >= 0.6 is 0 Å². The first-order valence-corrected chi connectivity index (χ1v) is 6.22. The van der Waals surface area contributed by atoms with E-state index in [2.05, 4.69) is 4.98 Å². The lowest BCUT2D eigenvalue weighted by Crippen LogP contribution is -2.18. The molecule has 0 amide bonds. The number of pyridine rings is 1. The molecular formula is C15H17FN2O. The standard InChI is InChI=1S/C15H17FN2O/c1-11(17)9-12-5-4-7-14(16)15(12)19-10-13-6-2-3-8-18-13/h2-8,11H,9-10,17H2,1H3. The summed E-state index contributed by atoms with van der Waals surface area (Å²) in [6, 6.07) is 10.4. The quantitative estimate of drug-likeness (QED) is 0.899. The molecule has 1 unspecified atom stereocenters. The summed E-state index contributed by atoms with van der Waals surface area (Å²) in [5, 5.41) is 0. The van der Waals surface area contributed by atoms with Crippen LogP contribution in [0.2, 0.25) is 0 Å². The smallest absolute Gasteiger partial charge is 0.165 e. The summed E-state index contributed by atoms with van der Waals surface area (Å²) < 4.78 is 19.4. The molecule has 19 heavy (non-hydrogen) atoms. The van der Waals surface area contributed by atoms with E-state index in [-0.39, 0.29) is 24.2 Å². The van der Waals surface area contributed by atoms with Gasteiger partial charge >= 0.3 is 0 Å². The molecule has 2 rings (SSSR count). The number of ether oxygens (including phenoxy) is 1. The molecule has 0 aliphatic carbocycles. The second-order valence-corrected chi connectivity index (χ2v) is 4.52. The lowest BCUT2D eigenvalue weighted by atomic mass is 10.1. The molecule has 0 fully saturated rings. The second kappa shape index (κ2) is 6.29. The third-order valence-corrected chi connectivity index (χ3v) is 2.68. The highest BCUT2D eigenvalue weighted by atomic mass is 19.1. The minimum Gasteiger partial charge on any atom is -0.484 e. The molecule has 2 N–H and O–H groups in total. The zero-order valence-electron chi connectivity index (χ0n) is 10.8. The van der Waals surface area contributed by atoms with Gasteiger partial charge in [-0.15, -0.1) is 0 Å². The summed E-state index contributed by atoms with van der Waals surface area (Å²) in [6.07, 6.45) is 2.26. The van der Waals surface area contributed by atoms with Gasteiger partial charge in [-0.2, -0.15) is 0 Å². The van der Waals surface area contributed by atoms with Crippen LogP contribution in [-0.4, -0.2) is 11.0 Å². The van der Waals surface area contributed by atoms with Crippen molar-refractivity contribution in [1.82, 2.24) is 4.98 Å². The molecule has 0 saturated heterocycles. The van der Waals surface area contributed by atoms with Crippen molar-refractivity contribution in [2.24, 2.45) is 5.73 Å². The van der Waals surface area contributed by atoms with Gasteiger partial charge in [-0.3, -0.25) is 4.98 Å². The van der Waals surface area contributed by atoms with E-state index in [9.17, 15) is 4.39 Å². The van der Waals surface area contributed by atoms with Gasteiger partial charge in [-0.1, -0.05) is 18.2 Å². The molecule has 0 saturated carbocycles. The van der Waals surface area contributed by atoms with Crippen molar-refractivity contribution in [1.29, 1.82) is 0 Å². The lowest BCUT2D eigenvalue weighted by molar-refractivity contribution is 0.282. The SMILES string of the molecule is CC(N)Cc1cccc(F)c1OCc1ccccn1. The molecule has 1 aromatic carbocycles. The Balaban J connectivity index is 2.14. The van der Waals surface area contributed by atoms with E-state index in [1.165, 1.54) is 6.07 Å².